The van der Waals surface area contributed by atoms with Crippen molar-refractivity contribution in [2.24, 2.45) is 0 Å². The lowest BCUT2D eigenvalue weighted by Gasteiger charge is -2.10. The molecule has 0 aliphatic rings. The third kappa shape index (κ3) is 2.90. The highest BCUT2D eigenvalue weighted by Gasteiger charge is 2.12. The molecule has 2 rings (SSSR count). The zero-order chi connectivity index (χ0) is 14.7. The van der Waals surface area contributed by atoms with Crippen molar-refractivity contribution in [1.82, 2.24) is 0 Å². The maximum absolute atomic E-state index is 13.0. The number of benzene rings is 2. The topological polar surface area (TPSA) is 38.3 Å². The smallest absolute Gasteiger partial charge is 0.255 e. The van der Waals surface area contributed by atoms with Crippen LogP contribution in [0.2, 0.25) is 0 Å². The van der Waals surface area contributed by atoms with Crippen molar-refractivity contribution in [2.45, 2.75) is 0 Å². The van der Waals surface area contributed by atoms with Crippen LogP contribution in [0.3, 0.4) is 0 Å². The minimum absolute atomic E-state index is 0.0599. The van der Waals surface area contributed by atoms with Crippen molar-refractivity contribution in [1.29, 1.82) is 0 Å². The predicted octanol–water partition coefficient (Wildman–Crippen LogP) is 3.36. The average Bonchev–Trinajstić information content (AvgIpc) is 2.43. The van der Waals surface area contributed by atoms with Crippen LogP contribution in [-0.4, -0.2) is 13.0 Å². The van der Waals surface area contributed by atoms with Crippen molar-refractivity contribution in [2.75, 3.05) is 12.4 Å². The third-order valence-electron chi connectivity index (χ3n) is 2.59. The van der Waals surface area contributed by atoms with Gasteiger partial charge in [0.05, 0.1) is 12.8 Å². The maximum atomic E-state index is 13.0. The molecule has 0 spiro atoms. The van der Waals surface area contributed by atoms with Crippen LogP contribution in [0, 0.1) is 17.5 Å². The van der Waals surface area contributed by atoms with E-state index >= 15 is 0 Å². The van der Waals surface area contributed by atoms with Gasteiger partial charge in [-0.05, 0) is 30.3 Å². The van der Waals surface area contributed by atoms with E-state index in [1.165, 1.54) is 13.2 Å². The van der Waals surface area contributed by atoms with Gasteiger partial charge >= 0.3 is 0 Å². The number of rotatable bonds is 3. The van der Waals surface area contributed by atoms with E-state index in [-0.39, 0.29) is 17.0 Å². The molecule has 0 heterocycles. The van der Waals surface area contributed by atoms with Crippen LogP contribution in [0.5, 0.6) is 5.75 Å². The molecule has 0 aromatic heterocycles. The number of carbonyl (C=O) groups is 1. The first-order chi connectivity index (χ1) is 9.51. The summed E-state index contributed by atoms with van der Waals surface area (Å²) in [5, 5.41) is 2.43. The Bertz CT molecular complexity index is 659. The number of ether oxygens (including phenoxy) is 1. The molecular weight excluding hydrogens is 271 g/mol. The summed E-state index contributed by atoms with van der Waals surface area (Å²) in [4.78, 5) is 11.9. The maximum Gasteiger partial charge on any atom is 0.255 e. The van der Waals surface area contributed by atoms with Gasteiger partial charge in [0.15, 0.2) is 11.6 Å². The first-order valence-electron chi connectivity index (χ1n) is 5.61. The monoisotopic (exact) mass is 281 g/mol. The summed E-state index contributed by atoms with van der Waals surface area (Å²) in [6.07, 6.45) is 0. The molecule has 0 atom stereocenters. The number of halogens is 3. The van der Waals surface area contributed by atoms with E-state index in [1.54, 1.807) is 0 Å². The fourth-order valence-electron chi connectivity index (χ4n) is 1.60. The summed E-state index contributed by atoms with van der Waals surface area (Å²) >= 11 is 0. The van der Waals surface area contributed by atoms with Crippen molar-refractivity contribution in [3.05, 3.63) is 59.4 Å². The van der Waals surface area contributed by atoms with Gasteiger partial charge in [-0.25, -0.2) is 13.2 Å². The lowest BCUT2D eigenvalue weighted by Crippen LogP contribution is -2.13. The molecule has 1 N–H and O–H groups in total. The van der Waals surface area contributed by atoms with Gasteiger partial charge in [-0.1, -0.05) is 0 Å². The predicted molar refractivity (Wildman–Crippen MR) is 67.3 cm³/mol. The van der Waals surface area contributed by atoms with Crippen LogP contribution >= 0.6 is 0 Å². The second kappa shape index (κ2) is 5.64. The van der Waals surface area contributed by atoms with Crippen LogP contribution < -0.4 is 10.1 Å². The standard InChI is InChI=1S/C14H10F3NO2/c1-20-13-7-9(15)3-5-12(13)18-14(19)8-2-4-10(16)11(17)6-8/h2-7H,1H3,(H,18,19). The lowest BCUT2D eigenvalue weighted by molar-refractivity contribution is 0.102. The minimum Gasteiger partial charge on any atom is -0.494 e. The first-order valence-corrected chi connectivity index (χ1v) is 5.61. The van der Waals surface area contributed by atoms with Gasteiger partial charge in [-0.3, -0.25) is 4.79 Å². The van der Waals surface area contributed by atoms with Gasteiger partial charge in [0, 0.05) is 11.6 Å². The Morgan fingerprint density at radius 2 is 1.80 bits per heavy atom. The fraction of sp³-hybridized carbons (Fsp3) is 0.0714. The van der Waals surface area contributed by atoms with E-state index < -0.39 is 23.4 Å². The largest absolute Gasteiger partial charge is 0.494 e. The van der Waals surface area contributed by atoms with E-state index in [1.807, 2.05) is 0 Å². The molecular formula is C14H10F3NO2. The highest BCUT2D eigenvalue weighted by Crippen LogP contribution is 2.25. The first kappa shape index (κ1) is 13.9. The second-order valence-corrected chi connectivity index (χ2v) is 3.93. The Balaban J connectivity index is 2.25. The Morgan fingerprint density at radius 3 is 2.45 bits per heavy atom. The molecule has 0 saturated carbocycles. The van der Waals surface area contributed by atoms with E-state index in [9.17, 15) is 18.0 Å². The molecule has 1 amide bonds. The van der Waals surface area contributed by atoms with Gasteiger partial charge in [-0.2, -0.15) is 0 Å². The SMILES string of the molecule is COc1cc(F)ccc1NC(=O)c1ccc(F)c(F)c1. The number of hydrogen-bond donors (Lipinski definition) is 1. The second-order valence-electron chi connectivity index (χ2n) is 3.93. The molecule has 104 valence electrons. The Morgan fingerprint density at radius 1 is 1.05 bits per heavy atom. The molecule has 0 radical (unpaired) electrons. The summed E-state index contributed by atoms with van der Waals surface area (Å²) in [6.45, 7) is 0. The molecule has 0 saturated heterocycles. The van der Waals surface area contributed by atoms with Crippen molar-refractivity contribution in [3.63, 3.8) is 0 Å². The van der Waals surface area contributed by atoms with Gasteiger partial charge < -0.3 is 10.1 Å². The van der Waals surface area contributed by atoms with Gasteiger partial charge in [0.25, 0.3) is 5.91 Å². The lowest BCUT2D eigenvalue weighted by atomic mass is 10.2. The van der Waals surface area contributed by atoms with Crippen LogP contribution in [0.15, 0.2) is 36.4 Å². The normalized spacial score (nSPS) is 10.2. The number of methoxy groups -OCH3 is 1. The van der Waals surface area contributed by atoms with Crippen molar-refractivity contribution < 1.29 is 22.7 Å². The number of amides is 1. The summed E-state index contributed by atoms with van der Waals surface area (Å²) in [6, 6.07) is 6.33. The number of carbonyl (C=O) groups excluding carboxylic acids is 1. The molecule has 2 aromatic carbocycles. The molecule has 2 aromatic rings. The molecule has 3 nitrogen and oxygen atoms in total. The molecule has 20 heavy (non-hydrogen) atoms. The van der Waals surface area contributed by atoms with Crippen LogP contribution in [0.1, 0.15) is 10.4 Å². The van der Waals surface area contributed by atoms with Crippen molar-refractivity contribution >= 4 is 11.6 Å². The third-order valence-corrected chi connectivity index (χ3v) is 2.59. The molecule has 0 aliphatic carbocycles. The van der Waals surface area contributed by atoms with E-state index in [0.29, 0.717) is 0 Å². The van der Waals surface area contributed by atoms with Crippen LogP contribution in [0.4, 0.5) is 18.9 Å². The molecule has 0 unspecified atom stereocenters. The fourth-order valence-corrected chi connectivity index (χ4v) is 1.60. The van der Waals surface area contributed by atoms with Crippen molar-refractivity contribution in [3.8, 4) is 5.75 Å². The molecule has 0 fully saturated rings. The number of nitrogens with one attached hydrogen (secondary N) is 1. The summed E-state index contributed by atoms with van der Waals surface area (Å²) in [5.74, 6) is -3.22. The van der Waals surface area contributed by atoms with Crippen LogP contribution in [-0.2, 0) is 0 Å². The zero-order valence-electron chi connectivity index (χ0n) is 10.4. The number of anilines is 1. The summed E-state index contributed by atoms with van der Waals surface area (Å²) in [5.41, 5.74) is 0.166. The van der Waals surface area contributed by atoms with Gasteiger partial charge in [0.1, 0.15) is 11.6 Å². The summed E-state index contributed by atoms with van der Waals surface area (Å²) < 4.78 is 43.8. The molecule has 0 bridgehead atoms. The van der Waals surface area contributed by atoms with E-state index in [2.05, 4.69) is 5.32 Å². The highest BCUT2D eigenvalue weighted by atomic mass is 19.2. The number of hydrogen-bond acceptors (Lipinski definition) is 2. The Kier molecular flexibility index (Phi) is 3.93. The molecule has 6 heteroatoms. The Hall–Kier alpha value is -2.50. The zero-order valence-corrected chi connectivity index (χ0v) is 10.4. The van der Waals surface area contributed by atoms with E-state index in [4.69, 9.17) is 4.74 Å². The highest BCUT2D eigenvalue weighted by molar-refractivity contribution is 6.05. The molecule has 0 aliphatic heterocycles. The minimum atomic E-state index is -1.12. The van der Waals surface area contributed by atoms with Crippen LogP contribution in [0.25, 0.3) is 0 Å². The van der Waals surface area contributed by atoms with Gasteiger partial charge in [-0.15, -0.1) is 0 Å². The van der Waals surface area contributed by atoms with Gasteiger partial charge in [0.2, 0.25) is 0 Å². The Labute approximate surface area is 113 Å². The quantitative estimate of drug-likeness (QED) is 0.936. The average molecular weight is 281 g/mol. The van der Waals surface area contributed by atoms with E-state index in [0.717, 1.165) is 30.3 Å². The summed E-state index contributed by atoms with van der Waals surface area (Å²) in [7, 11) is 1.32.